The van der Waals surface area contributed by atoms with Crippen LogP contribution in [-0.4, -0.2) is 11.3 Å². The Morgan fingerprint density at radius 1 is 1.58 bits per heavy atom. The molecule has 62 valence electrons. The van der Waals surface area contributed by atoms with Crippen LogP contribution in [0, 0.1) is 0 Å². The van der Waals surface area contributed by atoms with Gasteiger partial charge < -0.3 is 4.98 Å². The lowest BCUT2D eigenvalue weighted by atomic mass is 10.2. The molecule has 0 aromatic carbocycles. The highest BCUT2D eigenvalue weighted by Crippen LogP contribution is 1.78. The van der Waals surface area contributed by atoms with Gasteiger partial charge in [-0.1, -0.05) is 18.7 Å². The van der Waals surface area contributed by atoms with E-state index in [4.69, 9.17) is 0 Å². The van der Waals surface area contributed by atoms with Gasteiger partial charge in [-0.2, -0.15) is 0 Å². The molecule has 0 aliphatic heterocycles. The molecule has 2 heteroatoms. The lowest BCUT2D eigenvalue weighted by molar-refractivity contribution is 0.112. The van der Waals surface area contributed by atoms with Crippen molar-refractivity contribution in [1.82, 2.24) is 4.98 Å². The van der Waals surface area contributed by atoms with Crippen molar-refractivity contribution in [3.05, 3.63) is 35.0 Å². The van der Waals surface area contributed by atoms with Gasteiger partial charge in [-0.25, -0.2) is 0 Å². The lowest BCUT2D eigenvalue weighted by Crippen LogP contribution is -2.24. The summed E-state index contributed by atoms with van der Waals surface area (Å²) in [4.78, 5) is 13.5. The van der Waals surface area contributed by atoms with E-state index in [-0.39, 0.29) is 0 Å². The summed E-state index contributed by atoms with van der Waals surface area (Å²) in [5, 5.41) is 1.86. The summed E-state index contributed by atoms with van der Waals surface area (Å²) < 4.78 is 0. The van der Waals surface area contributed by atoms with Crippen molar-refractivity contribution >= 4 is 18.4 Å². The number of aromatic nitrogens is 1. The van der Waals surface area contributed by atoms with Crippen LogP contribution in [0.2, 0.25) is 0 Å². The van der Waals surface area contributed by atoms with E-state index in [2.05, 4.69) is 11.6 Å². The molecule has 1 heterocycles. The molecular formula is C10H11NO. The van der Waals surface area contributed by atoms with E-state index in [0.717, 1.165) is 16.9 Å². The van der Waals surface area contributed by atoms with E-state index < -0.39 is 0 Å². The monoisotopic (exact) mass is 161 g/mol. The minimum absolute atomic E-state index is 0.686. The van der Waals surface area contributed by atoms with Gasteiger partial charge in [-0.3, -0.25) is 4.79 Å². The van der Waals surface area contributed by atoms with E-state index in [0.29, 0.717) is 5.56 Å². The third kappa shape index (κ3) is 1.37. The fourth-order valence-electron chi connectivity index (χ4n) is 1.14. The molecule has 1 aromatic rings. The van der Waals surface area contributed by atoms with Crippen LogP contribution in [-0.2, 0) is 0 Å². The van der Waals surface area contributed by atoms with E-state index in [1.807, 2.05) is 19.1 Å². The van der Waals surface area contributed by atoms with Crippen molar-refractivity contribution in [2.24, 2.45) is 0 Å². The molecule has 1 rings (SSSR count). The summed E-state index contributed by atoms with van der Waals surface area (Å²) >= 11 is 0. The predicted octanol–water partition coefficient (Wildman–Crippen LogP) is 0.594. The van der Waals surface area contributed by atoms with Gasteiger partial charge in [0.05, 0.1) is 0 Å². The number of aldehydes is 1. The average Bonchev–Trinajstić information content (AvgIpc) is 2.47. The fourth-order valence-corrected chi connectivity index (χ4v) is 1.14. The normalized spacial score (nSPS) is 13.4. The van der Waals surface area contributed by atoms with E-state index >= 15 is 0 Å². The summed E-state index contributed by atoms with van der Waals surface area (Å²) in [5.74, 6) is 0. The molecule has 0 saturated heterocycles. The van der Waals surface area contributed by atoms with E-state index in [9.17, 15) is 4.79 Å². The molecule has 0 aliphatic rings. The number of aromatic amines is 1. The maximum absolute atomic E-state index is 10.5. The average molecular weight is 161 g/mol. The van der Waals surface area contributed by atoms with Crippen molar-refractivity contribution in [2.45, 2.75) is 6.92 Å². The molecule has 0 amide bonds. The number of carbonyl (C=O) groups is 1. The molecule has 0 atom stereocenters. The Morgan fingerprint density at radius 2 is 2.33 bits per heavy atom. The molecule has 1 N–H and O–H groups in total. The van der Waals surface area contributed by atoms with Gasteiger partial charge in [0, 0.05) is 22.3 Å². The topological polar surface area (TPSA) is 32.9 Å². The lowest BCUT2D eigenvalue weighted by Gasteiger charge is -1.78. The second-order valence-corrected chi connectivity index (χ2v) is 2.38. The van der Waals surface area contributed by atoms with Crippen LogP contribution in [0.4, 0.5) is 0 Å². The highest BCUT2D eigenvalue weighted by Gasteiger charge is 1.94. The number of H-pyrrole nitrogens is 1. The van der Waals surface area contributed by atoms with Crippen LogP contribution in [0.25, 0.3) is 12.2 Å². The fraction of sp³-hybridized carbons (Fsp3) is 0.100. The highest BCUT2D eigenvalue weighted by molar-refractivity contribution is 5.75. The molecule has 12 heavy (non-hydrogen) atoms. The van der Waals surface area contributed by atoms with Crippen LogP contribution >= 0.6 is 0 Å². The van der Waals surface area contributed by atoms with Gasteiger partial charge in [0.1, 0.15) is 0 Å². The first-order valence-corrected chi connectivity index (χ1v) is 3.75. The molecule has 0 unspecified atom stereocenters. The van der Waals surface area contributed by atoms with Crippen molar-refractivity contribution in [3.63, 3.8) is 0 Å². The first-order valence-electron chi connectivity index (χ1n) is 3.75. The third-order valence-electron chi connectivity index (χ3n) is 1.68. The Morgan fingerprint density at radius 3 is 2.83 bits per heavy atom. The zero-order valence-corrected chi connectivity index (χ0v) is 7.00. The van der Waals surface area contributed by atoms with E-state index in [1.54, 1.807) is 12.3 Å². The summed E-state index contributed by atoms with van der Waals surface area (Å²) in [5.41, 5.74) is 0.686. The SMILES string of the molecule is C=C/C=c1/[nH]cc(C=O)/c1=C/C. The maximum Gasteiger partial charge on any atom is 0.152 e. The van der Waals surface area contributed by atoms with E-state index in [1.165, 1.54) is 0 Å². The number of carbonyl (C=O) groups excluding carboxylic acids is 1. The third-order valence-corrected chi connectivity index (χ3v) is 1.68. The smallest absolute Gasteiger partial charge is 0.152 e. The molecule has 0 fully saturated rings. The Bertz CT molecular complexity index is 398. The van der Waals surface area contributed by atoms with Crippen LogP contribution in [0.15, 0.2) is 18.9 Å². The summed E-state index contributed by atoms with van der Waals surface area (Å²) in [6.07, 6.45) is 7.95. The molecular weight excluding hydrogens is 150 g/mol. The maximum atomic E-state index is 10.5. The Balaban J connectivity index is 3.54. The largest absolute Gasteiger partial charge is 0.360 e. The zero-order chi connectivity index (χ0) is 8.97. The van der Waals surface area contributed by atoms with Gasteiger partial charge in [-0.05, 0) is 13.0 Å². The second kappa shape index (κ2) is 3.72. The number of allylic oxidation sites excluding steroid dienone is 1. The Hall–Kier alpha value is -1.57. The van der Waals surface area contributed by atoms with Crippen LogP contribution in [0.1, 0.15) is 17.3 Å². The van der Waals surface area contributed by atoms with Crippen molar-refractivity contribution in [3.8, 4) is 0 Å². The first-order chi connectivity index (χ1) is 5.83. The van der Waals surface area contributed by atoms with Gasteiger partial charge >= 0.3 is 0 Å². The van der Waals surface area contributed by atoms with Crippen molar-refractivity contribution in [1.29, 1.82) is 0 Å². The summed E-state index contributed by atoms with van der Waals surface area (Å²) in [6, 6.07) is 0. The molecule has 2 nitrogen and oxygen atoms in total. The molecule has 0 saturated carbocycles. The van der Waals surface area contributed by atoms with Gasteiger partial charge in [0.25, 0.3) is 0 Å². The number of rotatable bonds is 2. The Labute approximate surface area is 70.9 Å². The van der Waals surface area contributed by atoms with Crippen molar-refractivity contribution < 1.29 is 4.79 Å². The molecule has 0 bridgehead atoms. The van der Waals surface area contributed by atoms with Gasteiger partial charge in [0.15, 0.2) is 6.29 Å². The van der Waals surface area contributed by atoms with Crippen molar-refractivity contribution in [2.75, 3.05) is 0 Å². The minimum Gasteiger partial charge on any atom is -0.360 e. The number of hydrogen-bond donors (Lipinski definition) is 1. The van der Waals surface area contributed by atoms with Gasteiger partial charge in [-0.15, -0.1) is 0 Å². The van der Waals surface area contributed by atoms with Crippen LogP contribution in [0.3, 0.4) is 0 Å². The Kier molecular flexibility index (Phi) is 2.64. The zero-order valence-electron chi connectivity index (χ0n) is 7.00. The standard InChI is InChI=1S/C10H11NO/c1-3-5-10-9(4-2)8(7-12)6-11-10/h3-7,11H,1H2,2H3/b9-4-,10-5+. The quantitative estimate of drug-likeness (QED) is 0.633. The highest BCUT2D eigenvalue weighted by atomic mass is 16.1. The first kappa shape index (κ1) is 8.53. The molecule has 1 aromatic heterocycles. The molecule has 0 aliphatic carbocycles. The summed E-state index contributed by atoms with van der Waals surface area (Å²) in [7, 11) is 0. The summed E-state index contributed by atoms with van der Waals surface area (Å²) in [6.45, 7) is 5.49. The number of hydrogen-bond acceptors (Lipinski definition) is 1. The second-order valence-electron chi connectivity index (χ2n) is 2.38. The number of nitrogens with one attached hydrogen (secondary N) is 1. The molecule has 0 spiro atoms. The predicted molar refractivity (Wildman–Crippen MR) is 50.2 cm³/mol. The van der Waals surface area contributed by atoms with Gasteiger partial charge in [0.2, 0.25) is 0 Å². The van der Waals surface area contributed by atoms with Crippen LogP contribution < -0.4 is 10.6 Å². The van der Waals surface area contributed by atoms with Crippen LogP contribution in [0.5, 0.6) is 0 Å². The minimum atomic E-state index is 0.686. The molecule has 0 radical (unpaired) electrons.